The average Bonchev–Trinajstić information content (AvgIpc) is 2.47. The molecule has 2 heterocycles. The third-order valence-corrected chi connectivity index (χ3v) is 3.78. The van der Waals surface area contributed by atoms with E-state index in [0.717, 1.165) is 37.9 Å². The Labute approximate surface area is 115 Å². The second kappa shape index (κ2) is 6.55. The maximum absolute atomic E-state index is 12.6. The van der Waals surface area contributed by atoms with Crippen LogP contribution in [0.2, 0.25) is 0 Å². The van der Waals surface area contributed by atoms with Gasteiger partial charge in [-0.1, -0.05) is 13.3 Å². The summed E-state index contributed by atoms with van der Waals surface area (Å²) < 4.78 is 0. The lowest BCUT2D eigenvalue weighted by molar-refractivity contribution is 0.0594. The minimum absolute atomic E-state index is 0.0789. The number of anilines is 1. The zero-order valence-electron chi connectivity index (χ0n) is 11.9. The van der Waals surface area contributed by atoms with Crippen LogP contribution in [0.4, 0.5) is 5.69 Å². The lowest BCUT2D eigenvalue weighted by Crippen LogP contribution is -2.43. The molecular weight excluding hydrogens is 238 g/mol. The molecule has 1 amide bonds. The summed E-state index contributed by atoms with van der Waals surface area (Å²) in [4.78, 5) is 18.8. The maximum atomic E-state index is 12.6. The van der Waals surface area contributed by atoms with Gasteiger partial charge in [0.25, 0.3) is 5.91 Å². The summed E-state index contributed by atoms with van der Waals surface area (Å²) in [6, 6.07) is 4.10. The highest BCUT2D eigenvalue weighted by Crippen LogP contribution is 2.23. The maximum Gasteiger partial charge on any atom is 0.272 e. The third kappa shape index (κ3) is 3.25. The third-order valence-electron chi connectivity index (χ3n) is 3.78. The highest BCUT2D eigenvalue weighted by molar-refractivity contribution is 5.93. The number of rotatable bonds is 4. The van der Waals surface area contributed by atoms with E-state index >= 15 is 0 Å². The van der Waals surface area contributed by atoms with Gasteiger partial charge < -0.3 is 10.2 Å². The van der Waals surface area contributed by atoms with Gasteiger partial charge >= 0.3 is 0 Å². The van der Waals surface area contributed by atoms with Crippen molar-refractivity contribution < 1.29 is 4.79 Å². The quantitative estimate of drug-likeness (QED) is 0.906. The molecule has 1 unspecified atom stereocenters. The summed E-state index contributed by atoms with van der Waals surface area (Å²) in [5.41, 5.74) is 1.48. The second-order valence-corrected chi connectivity index (χ2v) is 5.12. The Kier molecular flexibility index (Phi) is 4.77. The fourth-order valence-corrected chi connectivity index (χ4v) is 2.75. The molecule has 4 heteroatoms. The first-order chi connectivity index (χ1) is 9.26. The van der Waals surface area contributed by atoms with Crippen molar-refractivity contribution in [3.8, 4) is 0 Å². The molecule has 1 atom stereocenters. The van der Waals surface area contributed by atoms with E-state index < -0.39 is 0 Å². The Bertz CT molecular complexity index is 431. The van der Waals surface area contributed by atoms with Crippen molar-refractivity contribution in [1.82, 2.24) is 9.88 Å². The molecular formula is C15H23N3O. The smallest absolute Gasteiger partial charge is 0.272 e. The van der Waals surface area contributed by atoms with Crippen LogP contribution < -0.4 is 5.32 Å². The van der Waals surface area contributed by atoms with E-state index in [4.69, 9.17) is 0 Å². The van der Waals surface area contributed by atoms with Crippen LogP contribution in [0.5, 0.6) is 0 Å². The Morgan fingerprint density at radius 2 is 2.37 bits per heavy atom. The van der Waals surface area contributed by atoms with E-state index in [2.05, 4.69) is 17.2 Å². The number of hydrogen-bond acceptors (Lipinski definition) is 3. The monoisotopic (exact) mass is 261 g/mol. The molecule has 104 valence electrons. The van der Waals surface area contributed by atoms with Gasteiger partial charge in [0.15, 0.2) is 0 Å². The van der Waals surface area contributed by atoms with Crippen LogP contribution in [-0.2, 0) is 0 Å². The number of aromatic nitrogens is 1. The predicted octanol–water partition coefficient (Wildman–Crippen LogP) is 2.92. The number of amides is 1. The standard InChI is InChI=1S/C15H23N3O/c1-3-6-13-7-4-5-10-18(13)15(19)14-11-12(16-2)8-9-17-14/h8-9,11,13H,3-7,10H2,1-2H3,(H,16,17). The van der Waals surface area contributed by atoms with E-state index in [1.165, 1.54) is 6.42 Å². The van der Waals surface area contributed by atoms with Crippen LogP contribution in [0.1, 0.15) is 49.5 Å². The van der Waals surface area contributed by atoms with Crippen molar-refractivity contribution >= 4 is 11.6 Å². The second-order valence-electron chi connectivity index (χ2n) is 5.12. The first-order valence-electron chi connectivity index (χ1n) is 7.21. The summed E-state index contributed by atoms with van der Waals surface area (Å²) in [5.74, 6) is 0.0789. The number of likely N-dealkylation sites (tertiary alicyclic amines) is 1. The Hall–Kier alpha value is -1.58. The van der Waals surface area contributed by atoms with E-state index in [1.54, 1.807) is 6.20 Å². The molecule has 1 aliphatic heterocycles. The minimum atomic E-state index is 0.0789. The molecule has 4 nitrogen and oxygen atoms in total. The Morgan fingerprint density at radius 1 is 1.53 bits per heavy atom. The highest BCUT2D eigenvalue weighted by Gasteiger charge is 2.27. The Morgan fingerprint density at radius 3 is 3.11 bits per heavy atom. The summed E-state index contributed by atoms with van der Waals surface area (Å²) >= 11 is 0. The van der Waals surface area contributed by atoms with E-state index in [9.17, 15) is 4.79 Å². The topological polar surface area (TPSA) is 45.2 Å². The van der Waals surface area contributed by atoms with Crippen molar-refractivity contribution in [3.63, 3.8) is 0 Å². The number of carbonyl (C=O) groups excluding carboxylic acids is 1. The molecule has 0 saturated carbocycles. The van der Waals surface area contributed by atoms with Crippen LogP contribution in [-0.4, -0.2) is 35.4 Å². The minimum Gasteiger partial charge on any atom is -0.388 e. The van der Waals surface area contributed by atoms with Gasteiger partial charge in [-0.25, -0.2) is 0 Å². The van der Waals surface area contributed by atoms with E-state index in [0.29, 0.717) is 11.7 Å². The van der Waals surface area contributed by atoms with Gasteiger partial charge in [0.2, 0.25) is 0 Å². The summed E-state index contributed by atoms with van der Waals surface area (Å²) in [7, 11) is 1.85. The van der Waals surface area contributed by atoms with Gasteiger partial charge in [0.05, 0.1) is 0 Å². The molecule has 2 rings (SSSR count). The number of pyridine rings is 1. The van der Waals surface area contributed by atoms with Crippen LogP contribution in [0.15, 0.2) is 18.3 Å². The molecule has 1 aliphatic rings. The predicted molar refractivity (Wildman–Crippen MR) is 77.4 cm³/mol. The highest BCUT2D eigenvalue weighted by atomic mass is 16.2. The number of hydrogen-bond donors (Lipinski definition) is 1. The van der Waals surface area contributed by atoms with Gasteiger partial charge in [-0.3, -0.25) is 9.78 Å². The Balaban J connectivity index is 2.16. The molecule has 1 saturated heterocycles. The van der Waals surface area contributed by atoms with Crippen LogP contribution in [0, 0.1) is 0 Å². The van der Waals surface area contributed by atoms with Crippen LogP contribution in [0.3, 0.4) is 0 Å². The molecule has 0 radical (unpaired) electrons. The molecule has 1 aromatic heterocycles. The molecule has 0 aliphatic carbocycles. The van der Waals surface area contributed by atoms with Crippen molar-refractivity contribution in [2.45, 2.75) is 45.1 Å². The largest absolute Gasteiger partial charge is 0.388 e. The number of nitrogens with zero attached hydrogens (tertiary/aromatic N) is 2. The van der Waals surface area contributed by atoms with Crippen molar-refractivity contribution in [3.05, 3.63) is 24.0 Å². The van der Waals surface area contributed by atoms with E-state index in [1.807, 2.05) is 24.1 Å². The number of carbonyl (C=O) groups is 1. The van der Waals surface area contributed by atoms with Crippen LogP contribution in [0.25, 0.3) is 0 Å². The lowest BCUT2D eigenvalue weighted by Gasteiger charge is -2.35. The molecule has 1 aromatic rings. The van der Waals surface area contributed by atoms with Gasteiger partial charge in [-0.15, -0.1) is 0 Å². The zero-order chi connectivity index (χ0) is 13.7. The average molecular weight is 261 g/mol. The van der Waals surface area contributed by atoms with Crippen molar-refractivity contribution in [1.29, 1.82) is 0 Å². The fourth-order valence-electron chi connectivity index (χ4n) is 2.75. The number of nitrogens with one attached hydrogen (secondary N) is 1. The molecule has 0 aromatic carbocycles. The molecule has 19 heavy (non-hydrogen) atoms. The summed E-state index contributed by atoms with van der Waals surface area (Å²) in [5, 5.41) is 3.05. The normalized spacial score (nSPS) is 19.3. The molecule has 0 spiro atoms. The summed E-state index contributed by atoms with van der Waals surface area (Å²) in [6.07, 6.45) is 7.38. The van der Waals surface area contributed by atoms with Gasteiger partial charge in [-0.2, -0.15) is 0 Å². The molecule has 1 N–H and O–H groups in total. The van der Waals surface area contributed by atoms with Crippen molar-refractivity contribution in [2.24, 2.45) is 0 Å². The zero-order valence-corrected chi connectivity index (χ0v) is 11.9. The molecule has 1 fully saturated rings. The lowest BCUT2D eigenvalue weighted by atomic mass is 9.98. The van der Waals surface area contributed by atoms with Gasteiger partial charge in [0.1, 0.15) is 5.69 Å². The fraction of sp³-hybridized carbons (Fsp3) is 0.600. The van der Waals surface area contributed by atoms with Gasteiger partial charge in [0, 0.05) is 31.5 Å². The first kappa shape index (κ1) is 13.8. The SMILES string of the molecule is CCCC1CCCCN1C(=O)c1cc(NC)ccn1. The molecule has 0 bridgehead atoms. The summed E-state index contributed by atoms with van der Waals surface area (Å²) in [6.45, 7) is 3.05. The number of piperidine rings is 1. The van der Waals surface area contributed by atoms with Crippen molar-refractivity contribution in [2.75, 3.05) is 18.9 Å². The first-order valence-corrected chi connectivity index (χ1v) is 7.21. The van der Waals surface area contributed by atoms with E-state index in [-0.39, 0.29) is 5.91 Å². The van der Waals surface area contributed by atoms with Gasteiger partial charge in [-0.05, 0) is 37.8 Å². The van der Waals surface area contributed by atoms with Crippen LogP contribution >= 0.6 is 0 Å².